The number of rotatable bonds is 14. The Kier molecular flexibility index (Phi) is 15.5. The van der Waals surface area contributed by atoms with Crippen LogP contribution in [0.1, 0.15) is 139 Å². The van der Waals surface area contributed by atoms with Crippen LogP contribution in [0.25, 0.3) is 0 Å². The summed E-state index contributed by atoms with van der Waals surface area (Å²) >= 11 is 3.51. The van der Waals surface area contributed by atoms with E-state index in [1.807, 2.05) is 78.8 Å². The second-order valence-corrected chi connectivity index (χ2v) is 20.8. The number of carbonyl (C=O) groups is 2. The largest absolute Gasteiger partial charge is 0.392 e. The van der Waals surface area contributed by atoms with Crippen molar-refractivity contribution >= 4 is 27.6 Å². The van der Waals surface area contributed by atoms with E-state index in [0.29, 0.717) is 51.5 Å². The minimum Gasteiger partial charge on any atom is -0.392 e. The summed E-state index contributed by atoms with van der Waals surface area (Å²) in [5.74, 6) is -4.57. The number of ether oxygens (including phenoxy) is 5. The molecule has 5 heterocycles. The first-order chi connectivity index (χ1) is 28.8. The standard InChI is InChI=1S/C49H76BrNO10/c1-11-36(45(55)51-27-34-15-14-16-35(50)26-34)38-18-17-28(4)43(58-38)32(8)41(53)31(7)42(54)37(12-2)44-29(5)25-30(6)48(59-44)22-19-39(52)49(61-48)24-23-46(10,60-49)40-20-21-47(56,13-3)33(9)57-40/h14-16,19,22,26,28-33,36-41,43-44,52-53,56H,11-13,17-18,20-21,23-25,27H2,1-10H3,(H,51,55)/t28-,29-,30+,31-,32-,33-,36+,37-,38+,39+,40+,41+,43+,44-,46-,47+,48+,49+/m0/s1. The van der Waals surface area contributed by atoms with E-state index in [2.05, 4.69) is 42.0 Å². The zero-order valence-electron chi connectivity index (χ0n) is 38.4. The monoisotopic (exact) mass is 917 g/mol. The van der Waals surface area contributed by atoms with Crippen LogP contribution in [-0.2, 0) is 39.8 Å². The lowest BCUT2D eigenvalue weighted by atomic mass is 9.72. The van der Waals surface area contributed by atoms with Gasteiger partial charge >= 0.3 is 0 Å². The summed E-state index contributed by atoms with van der Waals surface area (Å²) in [6.45, 7) is 20.4. The SMILES string of the molecule is CC[C@@H](C(=O)[C@@H](C)[C@@H](O)[C@H](C)[C@@H]1O[C@@H]([C@@H](CC)C(=O)NCc2cccc(Br)c2)CC[C@@H]1C)[C@H]1O[C@@]2(C=C[C@@H](O)[C@@]3(CC[C@@](C)([C@H]4CC[C@](O)(CC)[C@H](C)O4)O3)O2)[C@H](C)C[C@@H]1C. The zero-order chi connectivity index (χ0) is 44.7. The van der Waals surface area contributed by atoms with Crippen molar-refractivity contribution in [2.75, 3.05) is 0 Å². The van der Waals surface area contributed by atoms with Gasteiger partial charge < -0.3 is 44.3 Å². The van der Waals surface area contributed by atoms with Gasteiger partial charge in [0.15, 0.2) is 5.79 Å². The van der Waals surface area contributed by atoms with Gasteiger partial charge in [0.05, 0.1) is 53.7 Å². The van der Waals surface area contributed by atoms with E-state index in [4.69, 9.17) is 23.7 Å². The number of halogens is 1. The Balaban J connectivity index is 1.12. The van der Waals surface area contributed by atoms with Crippen LogP contribution in [0.2, 0.25) is 0 Å². The fourth-order valence-corrected chi connectivity index (χ4v) is 11.9. The molecule has 4 N–H and O–H groups in total. The van der Waals surface area contributed by atoms with Crippen LogP contribution in [0.3, 0.4) is 0 Å². The van der Waals surface area contributed by atoms with Gasteiger partial charge in [0.2, 0.25) is 11.7 Å². The van der Waals surface area contributed by atoms with Crippen molar-refractivity contribution in [3.63, 3.8) is 0 Å². The van der Waals surface area contributed by atoms with Crippen LogP contribution < -0.4 is 5.32 Å². The highest BCUT2D eigenvalue weighted by molar-refractivity contribution is 9.10. The van der Waals surface area contributed by atoms with Gasteiger partial charge in [-0.15, -0.1) is 0 Å². The topological polar surface area (TPSA) is 153 Å². The summed E-state index contributed by atoms with van der Waals surface area (Å²) in [7, 11) is 0. The minimum atomic E-state index is -1.37. The van der Waals surface area contributed by atoms with Crippen molar-refractivity contribution in [2.45, 2.75) is 205 Å². The first-order valence-corrected chi connectivity index (χ1v) is 24.3. The number of nitrogens with one attached hydrogen (secondary N) is 1. The van der Waals surface area contributed by atoms with E-state index in [1.165, 1.54) is 0 Å². The second-order valence-electron chi connectivity index (χ2n) is 19.9. The van der Waals surface area contributed by atoms with Crippen molar-refractivity contribution < 1.29 is 48.6 Å². The fourth-order valence-electron chi connectivity index (χ4n) is 11.5. The molecule has 1 amide bonds. The molecule has 4 saturated heterocycles. The molecule has 5 aliphatic rings. The second kappa shape index (κ2) is 19.4. The normalized spacial score (nSPS) is 41.6. The molecule has 12 heteroatoms. The zero-order valence-corrected chi connectivity index (χ0v) is 40.0. The van der Waals surface area contributed by atoms with Gasteiger partial charge in [-0.25, -0.2) is 0 Å². The molecular weight excluding hydrogens is 842 g/mol. The summed E-state index contributed by atoms with van der Waals surface area (Å²) in [6, 6.07) is 7.89. The Hall–Kier alpha value is -1.74. The van der Waals surface area contributed by atoms with E-state index in [1.54, 1.807) is 6.08 Å². The van der Waals surface area contributed by atoms with Crippen molar-refractivity contribution in [2.24, 2.45) is 41.4 Å². The molecule has 344 valence electrons. The maximum atomic E-state index is 14.7. The molecular formula is C49H76BrNO10. The van der Waals surface area contributed by atoms with Crippen LogP contribution in [0.5, 0.6) is 0 Å². The highest BCUT2D eigenvalue weighted by Gasteiger charge is 2.63. The number of aliphatic hydroxyl groups is 3. The molecule has 0 saturated carbocycles. The van der Waals surface area contributed by atoms with Crippen molar-refractivity contribution in [3.05, 3.63) is 46.5 Å². The summed E-state index contributed by atoms with van der Waals surface area (Å²) in [6.07, 6.45) is 6.09. The third-order valence-electron chi connectivity index (χ3n) is 15.8. The predicted octanol–water partition coefficient (Wildman–Crippen LogP) is 8.18. The molecule has 1 aromatic carbocycles. The number of hydrogen-bond acceptors (Lipinski definition) is 10. The van der Waals surface area contributed by atoms with E-state index in [0.717, 1.165) is 29.3 Å². The molecule has 18 atom stereocenters. The first-order valence-electron chi connectivity index (χ1n) is 23.5. The Bertz CT molecular complexity index is 1710. The molecule has 2 spiro atoms. The molecule has 61 heavy (non-hydrogen) atoms. The Morgan fingerprint density at radius 3 is 2.31 bits per heavy atom. The fraction of sp³-hybridized carbons (Fsp3) is 0.796. The van der Waals surface area contributed by atoms with Crippen LogP contribution in [-0.4, -0.2) is 92.5 Å². The molecule has 0 unspecified atom stereocenters. The highest BCUT2D eigenvalue weighted by Crippen LogP contribution is 2.54. The molecule has 5 aliphatic heterocycles. The van der Waals surface area contributed by atoms with Gasteiger partial charge in [-0.05, 0) is 113 Å². The van der Waals surface area contributed by atoms with E-state index < -0.39 is 52.9 Å². The number of aliphatic hydroxyl groups excluding tert-OH is 2. The van der Waals surface area contributed by atoms with Gasteiger partial charge in [-0.2, -0.15) is 0 Å². The first kappa shape index (κ1) is 48.7. The van der Waals surface area contributed by atoms with E-state index in [9.17, 15) is 24.9 Å². The van der Waals surface area contributed by atoms with Crippen LogP contribution in [0, 0.1) is 41.4 Å². The molecule has 1 aromatic rings. The summed E-state index contributed by atoms with van der Waals surface area (Å²) < 4.78 is 35.0. The Morgan fingerprint density at radius 2 is 1.66 bits per heavy atom. The third kappa shape index (κ3) is 9.79. The third-order valence-corrected chi connectivity index (χ3v) is 16.3. The average Bonchev–Trinajstić information content (AvgIpc) is 3.58. The van der Waals surface area contributed by atoms with Crippen molar-refractivity contribution in [1.82, 2.24) is 5.32 Å². The van der Waals surface area contributed by atoms with Crippen molar-refractivity contribution in [1.29, 1.82) is 0 Å². The molecule has 6 rings (SSSR count). The summed E-state index contributed by atoms with van der Waals surface area (Å²) in [4.78, 5) is 28.2. The number of ketones is 1. The van der Waals surface area contributed by atoms with Gasteiger partial charge in [-0.1, -0.05) is 83.5 Å². The quantitative estimate of drug-likeness (QED) is 0.135. The maximum absolute atomic E-state index is 14.7. The lowest BCUT2D eigenvalue weighted by Crippen LogP contribution is -2.63. The molecule has 0 aliphatic carbocycles. The molecule has 0 bridgehead atoms. The number of carbonyl (C=O) groups excluding carboxylic acids is 2. The summed E-state index contributed by atoms with van der Waals surface area (Å²) in [5.41, 5.74) is -0.623. The average molecular weight is 919 g/mol. The number of Topliss-reactive ketones (excluding diaryl/α,β-unsaturated/α-hetero) is 1. The molecule has 11 nitrogen and oxygen atoms in total. The Morgan fingerprint density at radius 1 is 0.934 bits per heavy atom. The van der Waals surface area contributed by atoms with Crippen LogP contribution in [0.4, 0.5) is 0 Å². The van der Waals surface area contributed by atoms with Crippen LogP contribution in [0.15, 0.2) is 40.9 Å². The van der Waals surface area contributed by atoms with Crippen molar-refractivity contribution in [3.8, 4) is 0 Å². The molecule has 4 fully saturated rings. The van der Waals surface area contributed by atoms with Gasteiger partial charge in [0.25, 0.3) is 0 Å². The molecule has 0 radical (unpaired) electrons. The Labute approximate surface area is 373 Å². The lowest BCUT2D eigenvalue weighted by molar-refractivity contribution is -0.409. The van der Waals surface area contributed by atoms with Gasteiger partial charge in [0.1, 0.15) is 11.9 Å². The van der Waals surface area contributed by atoms with E-state index >= 15 is 0 Å². The summed E-state index contributed by atoms with van der Waals surface area (Å²) in [5, 5.41) is 37.7. The number of benzene rings is 1. The van der Waals surface area contributed by atoms with Crippen LogP contribution >= 0.6 is 15.9 Å². The number of amides is 1. The minimum absolute atomic E-state index is 0.0169. The van der Waals surface area contributed by atoms with Gasteiger partial charge in [0, 0.05) is 41.1 Å². The van der Waals surface area contributed by atoms with E-state index in [-0.39, 0.29) is 65.7 Å². The lowest BCUT2D eigenvalue weighted by Gasteiger charge is -2.54. The smallest absolute Gasteiger partial charge is 0.225 e. The number of hydrogen-bond donors (Lipinski definition) is 4. The predicted molar refractivity (Wildman–Crippen MR) is 237 cm³/mol. The van der Waals surface area contributed by atoms with Gasteiger partial charge in [-0.3, -0.25) is 9.59 Å². The maximum Gasteiger partial charge on any atom is 0.225 e. The highest BCUT2D eigenvalue weighted by atomic mass is 79.9. The molecule has 0 aromatic heterocycles.